The summed E-state index contributed by atoms with van der Waals surface area (Å²) in [6, 6.07) is 0. The van der Waals surface area contributed by atoms with Crippen LogP contribution >= 0.6 is 0 Å². The fraction of sp³-hybridized carbons (Fsp3) is 0.906. The average Bonchev–Trinajstić information content (AvgIpc) is 3.08. The van der Waals surface area contributed by atoms with E-state index < -0.39 is 0 Å². The van der Waals surface area contributed by atoms with Crippen LogP contribution in [0.15, 0.2) is 12.2 Å². The first-order chi connectivity index (χ1) is 15.7. The summed E-state index contributed by atoms with van der Waals surface area (Å²) in [5.41, 5.74) is 3.23. The van der Waals surface area contributed by atoms with Crippen LogP contribution in [0.25, 0.3) is 0 Å². The van der Waals surface area contributed by atoms with Gasteiger partial charge in [0.25, 0.3) is 0 Å². The molecular weight excluding hydrogens is 416 g/mol. The van der Waals surface area contributed by atoms with Gasteiger partial charge in [-0.3, -0.25) is 4.79 Å². The normalized spacial score (nSPS) is 53.6. The molecule has 5 saturated carbocycles. The van der Waals surface area contributed by atoms with Gasteiger partial charge in [0.1, 0.15) is 6.10 Å². The van der Waals surface area contributed by atoms with E-state index in [-0.39, 0.29) is 17.5 Å². The number of esters is 1. The van der Waals surface area contributed by atoms with Crippen LogP contribution in [0, 0.1) is 56.7 Å². The van der Waals surface area contributed by atoms with Crippen molar-refractivity contribution in [3.63, 3.8) is 0 Å². The molecule has 34 heavy (non-hydrogen) atoms. The quantitative estimate of drug-likeness (QED) is 0.299. The second kappa shape index (κ2) is 7.61. The Morgan fingerprint density at radius 1 is 0.765 bits per heavy atom. The molecule has 0 amide bonds. The molecular formula is C32H52O2. The molecule has 0 spiro atoms. The molecule has 0 aliphatic heterocycles. The average molecular weight is 469 g/mol. The summed E-state index contributed by atoms with van der Waals surface area (Å²) in [6.45, 7) is 23.9. The third-order valence-corrected chi connectivity index (χ3v) is 13.7. The number of carbonyl (C=O) groups is 1. The Bertz CT molecular complexity index is 872. The Morgan fingerprint density at radius 2 is 1.47 bits per heavy atom. The smallest absolute Gasteiger partial charge is 0.302 e. The number of ether oxygens (including phenoxy) is 1. The molecule has 0 unspecified atom stereocenters. The van der Waals surface area contributed by atoms with Gasteiger partial charge in [0.05, 0.1) is 0 Å². The van der Waals surface area contributed by atoms with Crippen molar-refractivity contribution in [2.24, 2.45) is 56.7 Å². The Labute approximate surface area is 210 Å². The summed E-state index contributed by atoms with van der Waals surface area (Å²) in [5, 5.41) is 0. The highest BCUT2D eigenvalue weighted by molar-refractivity contribution is 5.66. The molecule has 5 fully saturated rings. The monoisotopic (exact) mass is 468 g/mol. The Kier molecular flexibility index (Phi) is 5.57. The third-order valence-electron chi connectivity index (χ3n) is 13.7. The minimum atomic E-state index is -0.107. The van der Waals surface area contributed by atoms with E-state index in [1.54, 1.807) is 6.92 Å². The SMILES string of the molecule is C=C(C)[C@@H]1CC[C@@]2(C)CC[C@]3(C)[C@H](CC[C@H]4[C@@]5(C)CC[C@H](OC(C)=O)C(C)(C)[C@H]5CC[C@@]43C)[C@@H]12. The van der Waals surface area contributed by atoms with Crippen molar-refractivity contribution in [3.8, 4) is 0 Å². The summed E-state index contributed by atoms with van der Waals surface area (Å²) >= 11 is 0. The highest BCUT2D eigenvalue weighted by Crippen LogP contribution is 2.77. The van der Waals surface area contributed by atoms with Crippen molar-refractivity contribution in [1.82, 2.24) is 0 Å². The van der Waals surface area contributed by atoms with Gasteiger partial charge in [0.15, 0.2) is 0 Å². The number of allylic oxidation sites excluding steroid dienone is 1. The van der Waals surface area contributed by atoms with Crippen molar-refractivity contribution in [2.45, 2.75) is 126 Å². The van der Waals surface area contributed by atoms with Gasteiger partial charge in [-0.15, -0.1) is 0 Å². The topological polar surface area (TPSA) is 26.3 Å². The molecule has 0 heterocycles. The van der Waals surface area contributed by atoms with Crippen LogP contribution in [-0.4, -0.2) is 12.1 Å². The van der Waals surface area contributed by atoms with Crippen molar-refractivity contribution in [2.75, 3.05) is 0 Å². The van der Waals surface area contributed by atoms with Gasteiger partial charge < -0.3 is 4.74 Å². The number of fused-ring (bicyclic) bond motifs is 7. The number of rotatable bonds is 2. The molecule has 192 valence electrons. The highest BCUT2D eigenvalue weighted by atomic mass is 16.5. The molecule has 0 radical (unpaired) electrons. The van der Waals surface area contributed by atoms with Gasteiger partial charge in [0, 0.05) is 12.3 Å². The zero-order chi connectivity index (χ0) is 24.9. The zero-order valence-electron chi connectivity index (χ0n) is 23.6. The lowest BCUT2D eigenvalue weighted by Gasteiger charge is -2.73. The number of carbonyl (C=O) groups excluding carboxylic acids is 1. The first-order valence-electron chi connectivity index (χ1n) is 14.5. The molecule has 0 bridgehead atoms. The molecule has 0 aromatic heterocycles. The van der Waals surface area contributed by atoms with Crippen molar-refractivity contribution >= 4 is 5.97 Å². The highest BCUT2D eigenvalue weighted by Gasteiger charge is 2.70. The maximum atomic E-state index is 11.9. The van der Waals surface area contributed by atoms with Gasteiger partial charge >= 0.3 is 5.97 Å². The van der Waals surface area contributed by atoms with Gasteiger partial charge in [-0.05, 0) is 122 Å². The fourth-order valence-corrected chi connectivity index (χ4v) is 11.9. The molecule has 2 nitrogen and oxygen atoms in total. The van der Waals surface area contributed by atoms with E-state index in [1.165, 1.54) is 63.4 Å². The van der Waals surface area contributed by atoms with Gasteiger partial charge in [-0.1, -0.05) is 53.7 Å². The van der Waals surface area contributed by atoms with Gasteiger partial charge in [-0.25, -0.2) is 0 Å². The summed E-state index contributed by atoms with van der Waals surface area (Å²) in [7, 11) is 0. The van der Waals surface area contributed by atoms with E-state index in [9.17, 15) is 4.79 Å². The Balaban J connectivity index is 1.50. The van der Waals surface area contributed by atoms with Crippen molar-refractivity contribution in [3.05, 3.63) is 12.2 Å². The summed E-state index contributed by atoms with van der Waals surface area (Å²) < 4.78 is 5.91. The minimum Gasteiger partial charge on any atom is -0.462 e. The maximum Gasteiger partial charge on any atom is 0.302 e. The minimum absolute atomic E-state index is 0.0550. The second-order valence-electron chi connectivity index (χ2n) is 15.3. The van der Waals surface area contributed by atoms with E-state index in [0.29, 0.717) is 27.6 Å². The van der Waals surface area contributed by atoms with Gasteiger partial charge in [0.2, 0.25) is 0 Å². The molecule has 5 aliphatic rings. The van der Waals surface area contributed by atoms with E-state index in [2.05, 4.69) is 55.0 Å². The van der Waals surface area contributed by atoms with Crippen LogP contribution in [0.1, 0.15) is 120 Å². The van der Waals surface area contributed by atoms with Crippen LogP contribution in [0.5, 0.6) is 0 Å². The molecule has 0 saturated heterocycles. The number of hydrogen-bond donors (Lipinski definition) is 0. The summed E-state index contributed by atoms with van der Waals surface area (Å²) in [5.74, 6) is 3.74. The fourth-order valence-electron chi connectivity index (χ4n) is 11.9. The molecule has 5 rings (SSSR count). The summed E-state index contributed by atoms with van der Waals surface area (Å²) in [6.07, 6.45) is 13.4. The molecule has 0 N–H and O–H groups in total. The molecule has 2 heteroatoms. The Hall–Kier alpha value is -0.790. The first kappa shape index (κ1) is 24.9. The van der Waals surface area contributed by atoms with Gasteiger partial charge in [-0.2, -0.15) is 0 Å². The van der Waals surface area contributed by atoms with Crippen LogP contribution in [-0.2, 0) is 9.53 Å². The lowest BCUT2D eigenvalue weighted by molar-refractivity contribution is -0.248. The first-order valence-corrected chi connectivity index (χ1v) is 14.5. The molecule has 0 aromatic carbocycles. The van der Waals surface area contributed by atoms with E-state index in [0.717, 1.165) is 30.1 Å². The third kappa shape index (κ3) is 3.08. The van der Waals surface area contributed by atoms with Crippen molar-refractivity contribution in [1.29, 1.82) is 0 Å². The number of hydrogen-bond acceptors (Lipinski definition) is 2. The second-order valence-corrected chi connectivity index (χ2v) is 15.3. The van der Waals surface area contributed by atoms with E-state index in [1.807, 2.05) is 0 Å². The lowest BCUT2D eigenvalue weighted by Crippen LogP contribution is -2.66. The molecule has 0 aromatic rings. The van der Waals surface area contributed by atoms with Crippen LogP contribution in [0.2, 0.25) is 0 Å². The molecule has 10 atom stereocenters. The zero-order valence-corrected chi connectivity index (χ0v) is 23.6. The summed E-state index contributed by atoms with van der Waals surface area (Å²) in [4.78, 5) is 11.9. The standard InChI is InChI=1S/C32H52O2/c1-20(2)22-12-15-29(6)18-19-31(8)23(27(22)29)10-11-25-30(7)16-14-26(34-21(3)33)28(4,5)24(30)13-17-32(25,31)9/h22-27H,1,10-19H2,2-9H3/t22-,23+,24+,25-,26-,27+,29-,30-,31+,32-/m0/s1. The largest absolute Gasteiger partial charge is 0.462 e. The predicted octanol–water partition coefficient (Wildman–Crippen LogP) is 8.60. The van der Waals surface area contributed by atoms with Crippen LogP contribution < -0.4 is 0 Å². The predicted molar refractivity (Wildman–Crippen MR) is 140 cm³/mol. The maximum absolute atomic E-state index is 11.9. The van der Waals surface area contributed by atoms with Crippen LogP contribution in [0.4, 0.5) is 0 Å². The Morgan fingerprint density at radius 3 is 2.12 bits per heavy atom. The van der Waals surface area contributed by atoms with Crippen molar-refractivity contribution < 1.29 is 9.53 Å². The van der Waals surface area contributed by atoms with Crippen LogP contribution in [0.3, 0.4) is 0 Å². The van der Waals surface area contributed by atoms with E-state index >= 15 is 0 Å². The molecule has 5 aliphatic carbocycles. The van der Waals surface area contributed by atoms with E-state index in [4.69, 9.17) is 4.74 Å². The lowest BCUT2D eigenvalue weighted by atomic mass is 9.32.